The molecule has 1 unspecified atom stereocenters. The van der Waals surface area contributed by atoms with Gasteiger partial charge in [0, 0.05) is 0 Å². The minimum atomic E-state index is -2.45. The third-order valence-electron chi connectivity index (χ3n) is 4.01. The van der Waals surface area contributed by atoms with Crippen LogP contribution in [0.2, 0.25) is 0 Å². The molecule has 120 valence electrons. The Kier molecular flexibility index (Phi) is 5.06. The molecule has 3 aromatic rings. The lowest BCUT2D eigenvalue weighted by atomic mass is 10.4. The molecule has 2 nitrogen and oxygen atoms in total. The zero-order chi connectivity index (χ0) is 17.0. The normalized spacial score (nSPS) is 12.5. The van der Waals surface area contributed by atoms with Crippen molar-refractivity contribution in [3.63, 3.8) is 0 Å². The van der Waals surface area contributed by atoms with Crippen molar-refractivity contribution in [2.75, 3.05) is 0 Å². The molecule has 0 fully saturated rings. The van der Waals surface area contributed by atoms with Crippen LogP contribution in [-0.4, -0.2) is 8.76 Å². The van der Waals surface area contributed by atoms with Crippen molar-refractivity contribution < 1.29 is 8.76 Å². The maximum absolute atomic E-state index is 12.1. The molecule has 0 saturated carbocycles. The van der Waals surface area contributed by atoms with E-state index < -0.39 is 18.3 Å². The van der Waals surface area contributed by atoms with E-state index in [-0.39, 0.29) is 0 Å². The molecule has 3 aromatic carbocycles. The quantitative estimate of drug-likeness (QED) is 0.561. The summed E-state index contributed by atoms with van der Waals surface area (Å²) >= 11 is -2.13. The van der Waals surface area contributed by atoms with Crippen LogP contribution in [0.3, 0.4) is 0 Å². The highest BCUT2D eigenvalue weighted by atomic mass is 32.2. The van der Waals surface area contributed by atoms with Crippen LogP contribution in [0.25, 0.3) is 0 Å². The monoisotopic (exact) mass is 353 g/mol. The summed E-state index contributed by atoms with van der Waals surface area (Å²) in [7, 11) is -2.45. The van der Waals surface area contributed by atoms with Crippen molar-refractivity contribution >= 4 is 34.3 Å². The van der Waals surface area contributed by atoms with Gasteiger partial charge in [-0.05, 0) is 43.0 Å². The molecular weight excluding hydrogens is 335 g/mol. The summed E-state index contributed by atoms with van der Waals surface area (Å²) in [5.74, 6) is 0. The van der Waals surface area contributed by atoms with E-state index in [1.54, 1.807) is 0 Å². The zero-order valence-electron chi connectivity index (χ0n) is 13.1. The van der Waals surface area contributed by atoms with Crippen LogP contribution in [0.4, 0.5) is 0 Å². The smallest absolute Gasteiger partial charge is 0.223 e. The van der Waals surface area contributed by atoms with Crippen molar-refractivity contribution in [3.8, 4) is 0 Å². The zero-order valence-corrected chi connectivity index (χ0v) is 14.8. The molecule has 1 atom stereocenters. The lowest BCUT2D eigenvalue weighted by Gasteiger charge is -2.27. The summed E-state index contributed by atoms with van der Waals surface area (Å²) < 4.78 is 22.4. The molecule has 0 spiro atoms. The van der Waals surface area contributed by atoms with Crippen LogP contribution in [0.1, 0.15) is 0 Å². The SMILES string of the molecule is C=C(S(=O)O)[P+](c1ccccc1)(c1ccccc1)c1ccccc1. The van der Waals surface area contributed by atoms with Crippen LogP contribution in [0, 0.1) is 0 Å². The first-order valence-corrected chi connectivity index (χ1v) is 10.4. The standard InChI is InChI=1S/C20H17O2PS/c1-17(24(21)22)23(18-11-5-2-6-12-18,19-13-7-3-8-14-19)20-15-9-4-10-16-20/h2-16H,1H2/p+1. The summed E-state index contributed by atoms with van der Waals surface area (Å²) in [6.45, 7) is 4.06. The van der Waals surface area contributed by atoms with Gasteiger partial charge < -0.3 is 0 Å². The topological polar surface area (TPSA) is 37.3 Å². The Morgan fingerprint density at radius 1 is 0.708 bits per heavy atom. The second-order valence-corrected chi connectivity index (χ2v) is 10.0. The first kappa shape index (κ1) is 16.8. The molecule has 0 aromatic heterocycles. The maximum Gasteiger partial charge on any atom is 0.223 e. The molecule has 0 aliphatic rings. The van der Waals surface area contributed by atoms with Gasteiger partial charge in [-0.1, -0.05) is 54.6 Å². The predicted molar refractivity (Wildman–Crippen MR) is 105 cm³/mol. The Morgan fingerprint density at radius 3 is 1.25 bits per heavy atom. The van der Waals surface area contributed by atoms with Gasteiger partial charge in [0.1, 0.15) is 15.9 Å². The van der Waals surface area contributed by atoms with E-state index in [4.69, 9.17) is 0 Å². The van der Waals surface area contributed by atoms with Crippen LogP contribution < -0.4 is 15.9 Å². The minimum Gasteiger partial charge on any atom is -0.300 e. The molecule has 3 rings (SSSR count). The van der Waals surface area contributed by atoms with E-state index in [1.807, 2.05) is 91.0 Å². The molecule has 0 aliphatic carbocycles. The average Bonchev–Trinajstić information content (AvgIpc) is 2.65. The van der Waals surface area contributed by atoms with Gasteiger partial charge in [-0.15, -0.1) is 0 Å². The summed E-state index contributed by atoms with van der Waals surface area (Å²) in [6.07, 6.45) is 0. The molecular formula is C20H18O2PS+. The van der Waals surface area contributed by atoms with E-state index in [1.165, 1.54) is 0 Å². The second-order valence-electron chi connectivity index (χ2n) is 5.32. The minimum absolute atomic E-state index is 0.353. The van der Waals surface area contributed by atoms with Crippen molar-refractivity contribution in [2.24, 2.45) is 0 Å². The third kappa shape index (κ3) is 2.87. The molecule has 24 heavy (non-hydrogen) atoms. The molecule has 0 saturated heterocycles. The van der Waals surface area contributed by atoms with Gasteiger partial charge in [-0.25, -0.2) is 4.21 Å². The largest absolute Gasteiger partial charge is 0.300 e. The van der Waals surface area contributed by atoms with Gasteiger partial charge in [-0.3, -0.25) is 4.55 Å². The van der Waals surface area contributed by atoms with Crippen LogP contribution in [0.5, 0.6) is 0 Å². The van der Waals surface area contributed by atoms with E-state index in [2.05, 4.69) is 6.58 Å². The highest BCUT2D eigenvalue weighted by molar-refractivity contribution is 8.10. The Hall–Kier alpha value is -2.06. The van der Waals surface area contributed by atoms with Gasteiger partial charge in [0.2, 0.25) is 11.1 Å². The second kappa shape index (κ2) is 7.23. The highest BCUT2D eigenvalue weighted by Gasteiger charge is 2.51. The first-order chi connectivity index (χ1) is 11.7. The molecule has 0 bridgehead atoms. The lowest BCUT2D eigenvalue weighted by molar-refractivity contribution is 0.573. The van der Waals surface area contributed by atoms with Gasteiger partial charge >= 0.3 is 0 Å². The van der Waals surface area contributed by atoms with Gasteiger partial charge in [0.05, 0.1) is 0 Å². The Bertz CT molecular complexity index is 752. The maximum atomic E-state index is 12.1. The van der Waals surface area contributed by atoms with Crippen LogP contribution >= 0.6 is 7.26 Å². The van der Waals surface area contributed by atoms with Gasteiger partial charge in [0.15, 0.2) is 11.9 Å². The van der Waals surface area contributed by atoms with Crippen LogP contribution in [0.15, 0.2) is 102 Å². The first-order valence-electron chi connectivity index (χ1n) is 7.53. The lowest BCUT2D eigenvalue weighted by Crippen LogP contribution is -2.33. The molecule has 0 radical (unpaired) electrons. The van der Waals surface area contributed by atoms with Crippen LogP contribution in [-0.2, 0) is 11.1 Å². The fourth-order valence-electron chi connectivity index (χ4n) is 2.95. The summed E-state index contributed by atoms with van der Waals surface area (Å²) in [6, 6.07) is 29.7. The fraction of sp³-hybridized carbons (Fsp3) is 0. The summed E-state index contributed by atoms with van der Waals surface area (Å²) in [5.41, 5.74) is 0. The van der Waals surface area contributed by atoms with Crippen molar-refractivity contribution in [3.05, 3.63) is 102 Å². The Balaban J connectivity index is 2.42. The van der Waals surface area contributed by atoms with E-state index in [0.29, 0.717) is 4.65 Å². The van der Waals surface area contributed by atoms with E-state index >= 15 is 0 Å². The third-order valence-corrected chi connectivity index (χ3v) is 9.67. The Morgan fingerprint density at radius 2 is 1.00 bits per heavy atom. The number of rotatable bonds is 5. The van der Waals surface area contributed by atoms with Crippen molar-refractivity contribution in [2.45, 2.75) is 0 Å². The Labute approximate surface area is 145 Å². The number of hydrogen-bond acceptors (Lipinski definition) is 1. The van der Waals surface area contributed by atoms with E-state index in [0.717, 1.165) is 15.9 Å². The molecule has 0 amide bonds. The summed E-state index contributed by atoms with van der Waals surface area (Å²) in [5, 5.41) is 3.07. The molecule has 1 N–H and O–H groups in total. The number of benzene rings is 3. The van der Waals surface area contributed by atoms with Crippen molar-refractivity contribution in [1.29, 1.82) is 0 Å². The molecule has 4 heteroatoms. The van der Waals surface area contributed by atoms with Gasteiger partial charge in [0.25, 0.3) is 0 Å². The highest BCUT2D eigenvalue weighted by Crippen LogP contribution is 2.62. The van der Waals surface area contributed by atoms with Crippen molar-refractivity contribution in [1.82, 2.24) is 0 Å². The summed E-state index contributed by atoms with van der Waals surface area (Å²) in [4.78, 5) is 0. The predicted octanol–water partition coefficient (Wildman–Crippen LogP) is 3.67. The van der Waals surface area contributed by atoms with E-state index in [9.17, 15) is 8.76 Å². The number of hydrogen-bond donors (Lipinski definition) is 1. The molecule has 0 heterocycles. The molecule has 0 aliphatic heterocycles. The van der Waals surface area contributed by atoms with Gasteiger partial charge in [-0.2, -0.15) is 0 Å². The average molecular weight is 353 g/mol. The fourth-order valence-corrected chi connectivity index (χ4v) is 8.45.